The van der Waals surface area contributed by atoms with Crippen LogP contribution in [-0.4, -0.2) is 46.7 Å². The summed E-state index contributed by atoms with van der Waals surface area (Å²) in [7, 11) is 0. The fourth-order valence-electron chi connectivity index (χ4n) is 3.50. The molecule has 0 saturated carbocycles. The maximum absolute atomic E-state index is 13.6. The third-order valence-corrected chi connectivity index (χ3v) is 5.78. The minimum atomic E-state index is -1.10. The summed E-state index contributed by atoms with van der Waals surface area (Å²) in [6.07, 6.45) is -0.789. The fraction of sp³-hybridized carbons (Fsp3) is 0.407. The van der Waals surface area contributed by atoms with E-state index in [4.69, 9.17) is 4.74 Å². The zero-order chi connectivity index (χ0) is 26.9. The number of nitriles is 1. The molecule has 2 rings (SSSR count). The van der Waals surface area contributed by atoms with Gasteiger partial charge in [-0.15, -0.1) is 0 Å². The van der Waals surface area contributed by atoms with Crippen molar-refractivity contribution in [1.82, 2.24) is 15.5 Å². The Balaban J connectivity index is 2.41. The predicted molar refractivity (Wildman–Crippen MR) is 141 cm³/mol. The molecule has 2 aromatic carbocycles. The van der Waals surface area contributed by atoms with E-state index in [2.05, 4.69) is 23.3 Å². The van der Waals surface area contributed by atoms with E-state index in [-0.39, 0.29) is 18.8 Å². The van der Waals surface area contributed by atoms with E-state index >= 15 is 0 Å². The van der Waals surface area contributed by atoms with Crippen molar-refractivity contribution < 1.29 is 19.1 Å². The Morgan fingerprint density at radius 2 is 1.75 bits per heavy atom. The Bertz CT molecular complexity index is 1110. The van der Waals surface area contributed by atoms with Crippen LogP contribution in [0.1, 0.15) is 49.1 Å². The van der Waals surface area contributed by atoms with Gasteiger partial charge in [0.1, 0.15) is 24.2 Å². The average molecular weight is 511 g/mol. The van der Waals surface area contributed by atoms with Crippen LogP contribution in [0.15, 0.2) is 48.5 Å². The van der Waals surface area contributed by atoms with E-state index in [0.29, 0.717) is 5.56 Å². The molecule has 2 aromatic rings. The van der Waals surface area contributed by atoms with Gasteiger partial charge < -0.3 is 20.3 Å². The second kappa shape index (κ2) is 13.0. The first-order valence-electron chi connectivity index (χ1n) is 11.6. The maximum Gasteiger partial charge on any atom is 0.408 e. The van der Waals surface area contributed by atoms with Crippen LogP contribution in [0.2, 0.25) is 0 Å². The highest BCUT2D eigenvalue weighted by atomic mass is 32.1. The molecule has 8 nitrogen and oxygen atoms in total. The second-order valence-corrected chi connectivity index (χ2v) is 9.82. The molecule has 0 spiro atoms. The summed E-state index contributed by atoms with van der Waals surface area (Å²) >= 11 is 4.23. The van der Waals surface area contributed by atoms with Crippen LogP contribution in [0, 0.1) is 25.2 Å². The van der Waals surface area contributed by atoms with E-state index in [1.165, 1.54) is 4.90 Å². The lowest BCUT2D eigenvalue weighted by Gasteiger charge is -2.32. The molecular formula is C27H34N4O4S. The van der Waals surface area contributed by atoms with Gasteiger partial charge in [0, 0.05) is 12.3 Å². The summed E-state index contributed by atoms with van der Waals surface area (Å²) in [6.45, 7) is 8.87. The Morgan fingerprint density at radius 1 is 1.08 bits per heavy atom. The lowest BCUT2D eigenvalue weighted by Crippen LogP contribution is -2.53. The van der Waals surface area contributed by atoms with Crippen molar-refractivity contribution in [3.05, 3.63) is 70.8 Å². The Kier molecular flexibility index (Phi) is 10.4. The molecule has 2 N–H and O–H groups in total. The van der Waals surface area contributed by atoms with Crippen molar-refractivity contribution in [3.8, 4) is 6.07 Å². The molecular weight excluding hydrogens is 476 g/mol. The van der Waals surface area contributed by atoms with Gasteiger partial charge in [0.2, 0.25) is 11.8 Å². The number of carbonyl (C=O) groups excluding carboxylic acids is 3. The number of alkyl carbamates (subject to hydrolysis) is 1. The number of benzene rings is 2. The summed E-state index contributed by atoms with van der Waals surface area (Å²) in [5, 5.41) is 14.9. The van der Waals surface area contributed by atoms with E-state index in [1.807, 2.05) is 62.4 Å². The zero-order valence-electron chi connectivity index (χ0n) is 21.4. The number of ether oxygens (including phenoxy) is 1. The van der Waals surface area contributed by atoms with E-state index in [1.54, 1.807) is 26.8 Å². The summed E-state index contributed by atoms with van der Waals surface area (Å²) in [5.41, 5.74) is 2.65. The van der Waals surface area contributed by atoms with Crippen LogP contribution < -0.4 is 10.6 Å². The second-order valence-electron chi connectivity index (χ2n) is 9.46. The molecule has 0 heterocycles. The van der Waals surface area contributed by atoms with Crippen molar-refractivity contribution in [2.24, 2.45) is 0 Å². The first kappa shape index (κ1) is 28.7. The largest absolute Gasteiger partial charge is 0.444 e. The molecule has 2 unspecified atom stereocenters. The van der Waals surface area contributed by atoms with Gasteiger partial charge in [0.05, 0.1) is 6.07 Å². The van der Waals surface area contributed by atoms with Crippen molar-refractivity contribution in [2.75, 3.05) is 12.3 Å². The summed E-state index contributed by atoms with van der Waals surface area (Å²) < 4.78 is 5.27. The van der Waals surface area contributed by atoms with Crippen LogP contribution >= 0.6 is 12.6 Å². The number of carbonyl (C=O) groups is 3. The molecule has 0 aromatic heterocycles. The number of nitrogens with zero attached hydrogens (tertiary/aromatic N) is 2. The van der Waals surface area contributed by atoms with Crippen molar-refractivity contribution in [2.45, 2.75) is 58.8 Å². The average Bonchev–Trinajstić information content (AvgIpc) is 2.82. The molecule has 192 valence electrons. The molecule has 0 radical (unpaired) electrons. The molecule has 9 heteroatoms. The van der Waals surface area contributed by atoms with Crippen molar-refractivity contribution >= 4 is 30.5 Å². The SMILES string of the molecule is Cc1ccc(C(C(=O)NCc2ccccc2)N(CC#N)C(=O)C(CS)NC(=O)OC(C)(C)C)cc1C. The summed E-state index contributed by atoms with van der Waals surface area (Å²) in [5.74, 6) is -1.11. The molecule has 0 aliphatic rings. The van der Waals surface area contributed by atoms with E-state index in [0.717, 1.165) is 16.7 Å². The third-order valence-electron chi connectivity index (χ3n) is 5.41. The number of nitrogens with one attached hydrogen (secondary N) is 2. The maximum atomic E-state index is 13.6. The quantitative estimate of drug-likeness (QED) is 0.351. The van der Waals surface area contributed by atoms with E-state index in [9.17, 15) is 19.6 Å². The smallest absolute Gasteiger partial charge is 0.408 e. The number of thiol groups is 1. The number of aryl methyl sites for hydroxylation is 2. The molecule has 36 heavy (non-hydrogen) atoms. The molecule has 0 fully saturated rings. The van der Waals surface area contributed by atoms with Gasteiger partial charge in [-0.1, -0.05) is 48.5 Å². The standard InChI is InChI=1S/C27H34N4O4S/c1-18-11-12-21(15-19(18)2)23(24(32)29-16-20-9-7-6-8-10-20)31(14-13-28)25(33)22(17-36)30-26(34)35-27(3,4)5/h6-12,15,22-23,36H,14,16-17H2,1-5H3,(H,29,32)(H,30,34). The van der Waals surface area contributed by atoms with Gasteiger partial charge in [-0.25, -0.2) is 4.79 Å². The number of hydrogen-bond acceptors (Lipinski definition) is 6. The Morgan fingerprint density at radius 3 is 2.31 bits per heavy atom. The van der Waals surface area contributed by atoms with Crippen molar-refractivity contribution in [3.63, 3.8) is 0 Å². The third kappa shape index (κ3) is 8.31. The van der Waals surface area contributed by atoms with Gasteiger partial charge >= 0.3 is 6.09 Å². The molecule has 0 aliphatic heterocycles. The lowest BCUT2D eigenvalue weighted by atomic mass is 9.98. The molecule has 0 bridgehead atoms. The highest BCUT2D eigenvalue weighted by molar-refractivity contribution is 7.80. The van der Waals surface area contributed by atoms with Crippen LogP contribution in [0.25, 0.3) is 0 Å². The number of rotatable bonds is 9. The van der Waals surface area contributed by atoms with Gasteiger partial charge in [-0.2, -0.15) is 17.9 Å². The zero-order valence-corrected chi connectivity index (χ0v) is 22.3. The van der Waals surface area contributed by atoms with E-state index < -0.39 is 35.6 Å². The number of hydrogen-bond donors (Lipinski definition) is 3. The Hall–Kier alpha value is -3.51. The molecule has 2 atom stereocenters. The summed E-state index contributed by atoms with van der Waals surface area (Å²) in [4.78, 5) is 40.6. The van der Waals surface area contributed by atoms with Crippen LogP contribution in [0.4, 0.5) is 4.79 Å². The Labute approximate surface area is 218 Å². The summed E-state index contributed by atoms with van der Waals surface area (Å²) in [6, 6.07) is 14.6. The topological polar surface area (TPSA) is 112 Å². The van der Waals surface area contributed by atoms with Crippen LogP contribution in [0.3, 0.4) is 0 Å². The van der Waals surface area contributed by atoms with Crippen LogP contribution in [-0.2, 0) is 20.9 Å². The normalized spacial score (nSPS) is 12.6. The highest BCUT2D eigenvalue weighted by Gasteiger charge is 2.36. The van der Waals surface area contributed by atoms with Crippen LogP contribution in [0.5, 0.6) is 0 Å². The highest BCUT2D eigenvalue weighted by Crippen LogP contribution is 2.25. The monoisotopic (exact) mass is 510 g/mol. The lowest BCUT2D eigenvalue weighted by molar-refractivity contribution is -0.141. The fourth-order valence-corrected chi connectivity index (χ4v) is 3.74. The van der Waals surface area contributed by atoms with Gasteiger partial charge in [-0.3, -0.25) is 9.59 Å². The molecule has 0 aliphatic carbocycles. The molecule has 0 saturated heterocycles. The first-order chi connectivity index (χ1) is 17.0. The molecule has 3 amide bonds. The van der Waals surface area contributed by atoms with Crippen molar-refractivity contribution in [1.29, 1.82) is 5.26 Å². The minimum absolute atomic E-state index is 0.0503. The van der Waals surface area contributed by atoms with Gasteiger partial charge in [-0.05, 0) is 56.9 Å². The first-order valence-corrected chi connectivity index (χ1v) is 12.3. The minimum Gasteiger partial charge on any atom is -0.444 e. The van der Waals surface area contributed by atoms with Gasteiger partial charge in [0.25, 0.3) is 0 Å². The van der Waals surface area contributed by atoms with Gasteiger partial charge in [0.15, 0.2) is 0 Å². The number of amides is 3. The predicted octanol–water partition coefficient (Wildman–Crippen LogP) is 3.84.